The Morgan fingerprint density at radius 1 is 1.45 bits per heavy atom. The third kappa shape index (κ3) is 5.48. The third-order valence-corrected chi connectivity index (χ3v) is 3.20. The molecule has 0 aliphatic rings. The second kappa shape index (κ2) is 7.74. The molecule has 0 heterocycles. The van der Waals surface area contributed by atoms with Gasteiger partial charge in [0.1, 0.15) is 5.75 Å². The summed E-state index contributed by atoms with van der Waals surface area (Å²) < 4.78 is 5.83. The molecule has 3 N–H and O–H groups in total. The predicted octanol–water partition coefficient (Wildman–Crippen LogP) is 2.83. The highest BCUT2D eigenvalue weighted by atomic mass is 79.9. The molecule has 0 aliphatic carbocycles. The molecular formula is C13H17BrN2O4. The summed E-state index contributed by atoms with van der Waals surface area (Å²) in [5.41, 5.74) is 0.612. The highest BCUT2D eigenvalue weighted by molar-refractivity contribution is 9.10. The molecule has 0 aliphatic heterocycles. The number of carboxylic acid groups (broad SMARTS) is 1. The molecule has 1 rings (SSSR count). The number of carboxylic acids is 1. The van der Waals surface area contributed by atoms with Gasteiger partial charge in [-0.3, -0.25) is 4.79 Å². The monoisotopic (exact) mass is 344 g/mol. The van der Waals surface area contributed by atoms with Gasteiger partial charge in [0.25, 0.3) is 0 Å². The minimum Gasteiger partial charge on any atom is -0.496 e. The zero-order valence-corrected chi connectivity index (χ0v) is 12.9. The van der Waals surface area contributed by atoms with Crippen molar-refractivity contribution in [1.29, 1.82) is 0 Å². The van der Waals surface area contributed by atoms with Crippen LogP contribution in [0.15, 0.2) is 22.7 Å². The molecule has 0 spiro atoms. The third-order valence-electron chi connectivity index (χ3n) is 2.58. The van der Waals surface area contributed by atoms with Crippen LogP contribution in [0.25, 0.3) is 0 Å². The lowest BCUT2D eigenvalue weighted by molar-refractivity contribution is -0.137. The van der Waals surface area contributed by atoms with Gasteiger partial charge in [-0.1, -0.05) is 0 Å². The highest BCUT2D eigenvalue weighted by Gasteiger charge is 2.10. The van der Waals surface area contributed by atoms with E-state index in [0.29, 0.717) is 17.9 Å². The van der Waals surface area contributed by atoms with Gasteiger partial charge in [-0.2, -0.15) is 0 Å². The first-order valence-corrected chi connectivity index (χ1v) is 6.84. The Labute approximate surface area is 125 Å². The largest absolute Gasteiger partial charge is 0.496 e. The lowest BCUT2D eigenvalue weighted by Gasteiger charge is -2.14. The van der Waals surface area contributed by atoms with Crippen molar-refractivity contribution in [2.75, 3.05) is 12.4 Å². The number of amides is 2. The van der Waals surface area contributed by atoms with Crippen molar-refractivity contribution in [2.45, 2.75) is 25.8 Å². The quantitative estimate of drug-likeness (QED) is 0.740. The molecular weight excluding hydrogens is 328 g/mol. The van der Waals surface area contributed by atoms with E-state index in [2.05, 4.69) is 26.6 Å². The fourth-order valence-corrected chi connectivity index (χ4v) is 2.09. The molecule has 0 bridgehead atoms. The zero-order chi connectivity index (χ0) is 15.1. The minimum atomic E-state index is -0.877. The van der Waals surface area contributed by atoms with E-state index in [1.165, 1.54) is 0 Å². The van der Waals surface area contributed by atoms with Crippen molar-refractivity contribution in [3.8, 4) is 5.75 Å². The summed E-state index contributed by atoms with van der Waals surface area (Å²) in [6.07, 6.45) is 0.407. The summed E-state index contributed by atoms with van der Waals surface area (Å²) in [6.45, 7) is 1.76. The molecule has 0 radical (unpaired) electrons. The summed E-state index contributed by atoms with van der Waals surface area (Å²) in [6, 6.07) is 4.58. The van der Waals surface area contributed by atoms with Gasteiger partial charge in [0, 0.05) is 18.2 Å². The summed E-state index contributed by atoms with van der Waals surface area (Å²) in [5, 5.41) is 13.9. The molecule has 2 amide bonds. The maximum absolute atomic E-state index is 11.7. The smallest absolute Gasteiger partial charge is 0.319 e. The van der Waals surface area contributed by atoms with Crippen molar-refractivity contribution in [3.63, 3.8) is 0 Å². The Morgan fingerprint density at radius 2 is 2.15 bits per heavy atom. The number of benzene rings is 1. The number of carbonyl (C=O) groups excluding carboxylic acids is 1. The highest BCUT2D eigenvalue weighted by Crippen LogP contribution is 2.27. The average Bonchev–Trinajstić information content (AvgIpc) is 2.36. The summed E-state index contributed by atoms with van der Waals surface area (Å²) in [4.78, 5) is 22.2. The van der Waals surface area contributed by atoms with Crippen LogP contribution in [0.4, 0.5) is 10.5 Å². The lowest BCUT2D eigenvalue weighted by atomic mass is 10.2. The van der Waals surface area contributed by atoms with Crippen LogP contribution < -0.4 is 15.4 Å². The van der Waals surface area contributed by atoms with Gasteiger partial charge >= 0.3 is 12.0 Å². The second-order valence-corrected chi connectivity index (χ2v) is 5.14. The van der Waals surface area contributed by atoms with Crippen molar-refractivity contribution in [1.82, 2.24) is 5.32 Å². The molecule has 0 saturated carbocycles. The van der Waals surface area contributed by atoms with Crippen LogP contribution in [-0.4, -0.2) is 30.3 Å². The van der Waals surface area contributed by atoms with Gasteiger partial charge < -0.3 is 20.5 Å². The molecule has 0 saturated heterocycles. The van der Waals surface area contributed by atoms with Crippen molar-refractivity contribution in [3.05, 3.63) is 22.7 Å². The molecule has 1 aromatic carbocycles. The molecule has 7 heteroatoms. The number of ether oxygens (including phenoxy) is 1. The number of hydrogen-bond acceptors (Lipinski definition) is 3. The Kier molecular flexibility index (Phi) is 6.30. The van der Waals surface area contributed by atoms with Gasteiger partial charge in [0.15, 0.2) is 0 Å². The summed E-state index contributed by atoms with van der Waals surface area (Å²) >= 11 is 3.33. The van der Waals surface area contributed by atoms with E-state index < -0.39 is 5.97 Å². The number of halogens is 1. The number of rotatable bonds is 6. The standard InChI is InChI=1S/C13H17BrN2O4/c1-8(3-6-12(17)18)15-13(19)16-9-4-5-11(20-2)10(14)7-9/h4-5,7-8H,3,6H2,1-2H3,(H,17,18)(H2,15,16,19). The fourth-order valence-electron chi connectivity index (χ4n) is 1.55. The predicted molar refractivity (Wildman–Crippen MR) is 79.2 cm³/mol. The first-order valence-electron chi connectivity index (χ1n) is 6.05. The van der Waals surface area contributed by atoms with Gasteiger partial charge in [0.2, 0.25) is 0 Å². The average molecular weight is 345 g/mol. The SMILES string of the molecule is COc1ccc(NC(=O)NC(C)CCC(=O)O)cc1Br. The van der Waals surface area contributed by atoms with Gasteiger partial charge in [-0.05, 0) is 47.5 Å². The second-order valence-electron chi connectivity index (χ2n) is 4.28. The number of nitrogens with one attached hydrogen (secondary N) is 2. The Hall–Kier alpha value is -1.76. The van der Waals surface area contributed by atoms with E-state index in [-0.39, 0.29) is 18.5 Å². The number of hydrogen-bond donors (Lipinski definition) is 3. The molecule has 110 valence electrons. The van der Waals surface area contributed by atoms with Gasteiger partial charge in [-0.25, -0.2) is 4.79 Å². The minimum absolute atomic E-state index is 0.0233. The van der Waals surface area contributed by atoms with Crippen molar-refractivity contribution in [2.24, 2.45) is 0 Å². The molecule has 1 aromatic rings. The molecule has 0 aromatic heterocycles. The Balaban J connectivity index is 2.49. The number of methoxy groups -OCH3 is 1. The first-order chi connectivity index (χ1) is 9.42. The maximum Gasteiger partial charge on any atom is 0.319 e. The first kappa shape index (κ1) is 16.3. The molecule has 1 atom stereocenters. The fraction of sp³-hybridized carbons (Fsp3) is 0.385. The van der Waals surface area contributed by atoms with Crippen LogP contribution in [0.1, 0.15) is 19.8 Å². The van der Waals surface area contributed by atoms with Gasteiger partial charge in [0.05, 0.1) is 11.6 Å². The van der Waals surface area contributed by atoms with Crippen molar-refractivity contribution >= 4 is 33.6 Å². The lowest BCUT2D eigenvalue weighted by Crippen LogP contribution is -2.36. The molecule has 6 nitrogen and oxygen atoms in total. The van der Waals surface area contributed by atoms with E-state index in [1.54, 1.807) is 32.2 Å². The van der Waals surface area contributed by atoms with Gasteiger partial charge in [-0.15, -0.1) is 0 Å². The Bertz CT molecular complexity index is 493. The van der Waals surface area contributed by atoms with Crippen molar-refractivity contribution < 1.29 is 19.4 Å². The summed E-state index contributed by atoms with van der Waals surface area (Å²) in [5.74, 6) is -0.205. The summed E-state index contributed by atoms with van der Waals surface area (Å²) in [7, 11) is 1.56. The maximum atomic E-state index is 11.7. The van der Waals surface area contributed by atoms with Crippen LogP contribution in [0.2, 0.25) is 0 Å². The van der Waals surface area contributed by atoms with E-state index in [1.807, 2.05) is 0 Å². The number of anilines is 1. The van der Waals surface area contributed by atoms with Crippen LogP contribution in [0.3, 0.4) is 0 Å². The number of aliphatic carboxylic acids is 1. The van der Waals surface area contributed by atoms with E-state index in [0.717, 1.165) is 4.47 Å². The molecule has 20 heavy (non-hydrogen) atoms. The Morgan fingerprint density at radius 3 is 2.70 bits per heavy atom. The van der Waals surface area contributed by atoms with E-state index >= 15 is 0 Å². The molecule has 0 fully saturated rings. The van der Waals surface area contributed by atoms with Crippen LogP contribution in [-0.2, 0) is 4.79 Å². The van der Waals surface area contributed by atoms with E-state index in [9.17, 15) is 9.59 Å². The van der Waals surface area contributed by atoms with Crippen LogP contribution >= 0.6 is 15.9 Å². The number of urea groups is 1. The topological polar surface area (TPSA) is 87.7 Å². The normalized spacial score (nSPS) is 11.6. The molecule has 1 unspecified atom stereocenters. The number of carbonyl (C=O) groups is 2. The zero-order valence-electron chi connectivity index (χ0n) is 11.3. The van der Waals surface area contributed by atoms with Crippen LogP contribution in [0.5, 0.6) is 5.75 Å². The van der Waals surface area contributed by atoms with Crippen LogP contribution in [0, 0.1) is 0 Å². The van der Waals surface area contributed by atoms with E-state index in [4.69, 9.17) is 9.84 Å².